The van der Waals surface area contributed by atoms with Gasteiger partial charge in [-0.1, -0.05) is 0 Å². The Morgan fingerprint density at radius 1 is 1.27 bits per heavy atom. The Morgan fingerprint density at radius 3 is 3.00 bits per heavy atom. The average molecular weight is 351 g/mol. The van der Waals surface area contributed by atoms with Crippen LogP contribution in [0.3, 0.4) is 0 Å². The number of fused-ring (bicyclic) bond motifs is 2. The van der Waals surface area contributed by atoms with Gasteiger partial charge in [0.1, 0.15) is 12.1 Å². The van der Waals surface area contributed by atoms with Crippen LogP contribution in [0.4, 0.5) is 0 Å². The van der Waals surface area contributed by atoms with Crippen molar-refractivity contribution in [1.29, 1.82) is 0 Å². The second-order valence-electron chi connectivity index (χ2n) is 5.46. The van der Waals surface area contributed by atoms with Gasteiger partial charge in [-0.15, -0.1) is 5.10 Å². The highest BCUT2D eigenvalue weighted by atomic mass is 16.5. The summed E-state index contributed by atoms with van der Waals surface area (Å²) in [5.41, 5.74) is 1.09. The molecule has 0 radical (unpaired) electrons. The van der Waals surface area contributed by atoms with Crippen LogP contribution in [0.2, 0.25) is 0 Å². The number of ether oxygens (including phenoxy) is 1. The third-order valence-corrected chi connectivity index (χ3v) is 3.82. The number of nitrogens with zero attached hydrogens (tertiary/aromatic N) is 5. The number of rotatable bonds is 4. The molecular weight excluding hydrogens is 338 g/mol. The first kappa shape index (κ1) is 15.9. The number of tetrazole rings is 1. The van der Waals surface area contributed by atoms with Crippen LogP contribution >= 0.6 is 0 Å². The van der Waals surface area contributed by atoms with Crippen LogP contribution in [-0.2, 0) is 16.1 Å². The Morgan fingerprint density at radius 2 is 2.15 bits per heavy atom. The molecule has 0 atom stereocenters. The van der Waals surface area contributed by atoms with Gasteiger partial charge in [-0.05, 0) is 47.7 Å². The number of hydrogen-bond donors (Lipinski definition) is 0. The lowest BCUT2D eigenvalue weighted by Gasteiger charge is -2.06. The van der Waals surface area contributed by atoms with E-state index in [4.69, 9.17) is 9.15 Å². The minimum Gasteiger partial charge on any atom is -0.465 e. The monoisotopic (exact) mass is 351 g/mol. The van der Waals surface area contributed by atoms with E-state index in [1.54, 1.807) is 43.5 Å². The molecule has 9 heteroatoms. The van der Waals surface area contributed by atoms with Crippen LogP contribution in [0.5, 0.6) is 0 Å². The fraction of sp³-hybridized carbons (Fsp3) is 0.176. The number of hydrogen-bond acceptors (Lipinski definition) is 8. The quantitative estimate of drug-likeness (QED) is 0.402. The summed E-state index contributed by atoms with van der Waals surface area (Å²) < 4.78 is 11.9. The van der Waals surface area contributed by atoms with Crippen molar-refractivity contribution < 1.29 is 13.9 Å². The van der Waals surface area contributed by atoms with Crippen LogP contribution < -0.4 is 5.43 Å². The van der Waals surface area contributed by atoms with Crippen molar-refractivity contribution in [2.24, 2.45) is 0 Å². The minimum atomic E-state index is -0.446. The lowest BCUT2D eigenvalue weighted by molar-refractivity contribution is -0.144. The summed E-state index contributed by atoms with van der Waals surface area (Å²) >= 11 is 0. The van der Waals surface area contributed by atoms with Crippen molar-refractivity contribution in [2.45, 2.75) is 13.5 Å². The predicted molar refractivity (Wildman–Crippen MR) is 91.2 cm³/mol. The Bertz CT molecular complexity index is 1180. The predicted octanol–water partition coefficient (Wildman–Crippen LogP) is 1.56. The molecule has 9 nitrogen and oxygen atoms in total. The van der Waals surface area contributed by atoms with Gasteiger partial charge in [0.15, 0.2) is 5.82 Å². The second-order valence-corrected chi connectivity index (χ2v) is 5.46. The lowest BCUT2D eigenvalue weighted by Crippen LogP contribution is -2.15. The van der Waals surface area contributed by atoms with Gasteiger partial charge < -0.3 is 9.15 Å². The standard InChI is InChI=1S/C17H13N5O4/c1-2-25-14(23)9-22-16(19-20-21-22)10-5-6-13-12(8-10)15(24)11-4-3-7-18-17(11)26-13/h3-8H,2,9H2,1H3. The lowest BCUT2D eigenvalue weighted by atomic mass is 10.1. The number of carbonyl (C=O) groups excluding carboxylic acids is 1. The first-order valence-electron chi connectivity index (χ1n) is 7.91. The molecule has 0 fully saturated rings. The Labute approximate surface area is 146 Å². The molecule has 1 aromatic carbocycles. The van der Waals surface area contributed by atoms with Gasteiger partial charge in [0.05, 0.1) is 17.4 Å². The van der Waals surface area contributed by atoms with E-state index >= 15 is 0 Å². The summed E-state index contributed by atoms with van der Waals surface area (Å²) in [5, 5.41) is 12.1. The van der Waals surface area contributed by atoms with Gasteiger partial charge >= 0.3 is 5.97 Å². The molecule has 4 rings (SSSR count). The molecule has 0 aliphatic rings. The van der Waals surface area contributed by atoms with Gasteiger partial charge in [0.25, 0.3) is 0 Å². The fourth-order valence-electron chi connectivity index (χ4n) is 2.68. The van der Waals surface area contributed by atoms with Crippen molar-refractivity contribution in [1.82, 2.24) is 25.2 Å². The van der Waals surface area contributed by atoms with E-state index in [9.17, 15) is 9.59 Å². The van der Waals surface area contributed by atoms with Crippen molar-refractivity contribution in [3.05, 3.63) is 46.8 Å². The highest BCUT2D eigenvalue weighted by Crippen LogP contribution is 2.23. The maximum absolute atomic E-state index is 12.7. The minimum absolute atomic E-state index is 0.121. The number of benzene rings is 1. The number of carbonyl (C=O) groups is 1. The molecule has 3 aromatic heterocycles. The highest BCUT2D eigenvalue weighted by Gasteiger charge is 2.15. The molecule has 4 aromatic rings. The van der Waals surface area contributed by atoms with E-state index in [2.05, 4.69) is 20.5 Å². The summed E-state index contributed by atoms with van der Waals surface area (Å²) in [7, 11) is 0. The third kappa shape index (κ3) is 2.69. The molecule has 0 N–H and O–H groups in total. The largest absolute Gasteiger partial charge is 0.465 e. The van der Waals surface area contributed by atoms with Crippen molar-refractivity contribution in [3.8, 4) is 11.4 Å². The highest BCUT2D eigenvalue weighted by molar-refractivity contribution is 5.90. The van der Waals surface area contributed by atoms with Crippen molar-refractivity contribution in [2.75, 3.05) is 6.61 Å². The van der Waals surface area contributed by atoms with Crippen LogP contribution in [0, 0.1) is 0 Å². The zero-order valence-electron chi connectivity index (χ0n) is 13.7. The van der Waals surface area contributed by atoms with Crippen molar-refractivity contribution in [3.63, 3.8) is 0 Å². The van der Waals surface area contributed by atoms with E-state index in [1.807, 2.05) is 0 Å². The zero-order chi connectivity index (χ0) is 18.1. The molecule has 0 bridgehead atoms. The normalized spacial score (nSPS) is 11.1. The Kier molecular flexibility index (Phi) is 3.88. The molecule has 26 heavy (non-hydrogen) atoms. The van der Waals surface area contributed by atoms with Gasteiger partial charge in [-0.2, -0.15) is 0 Å². The van der Waals surface area contributed by atoms with Gasteiger partial charge in [0, 0.05) is 11.8 Å². The summed E-state index contributed by atoms with van der Waals surface area (Å²) in [4.78, 5) is 28.5. The van der Waals surface area contributed by atoms with E-state index in [1.165, 1.54) is 4.68 Å². The molecule has 0 spiro atoms. The van der Waals surface area contributed by atoms with E-state index in [-0.39, 0.29) is 24.3 Å². The molecule has 130 valence electrons. The third-order valence-electron chi connectivity index (χ3n) is 3.82. The molecule has 0 saturated heterocycles. The number of pyridine rings is 1. The zero-order valence-corrected chi connectivity index (χ0v) is 13.7. The van der Waals surface area contributed by atoms with Crippen molar-refractivity contribution >= 4 is 28.0 Å². The number of esters is 1. The SMILES string of the molecule is CCOC(=O)Cn1nnnc1-c1ccc2oc3ncccc3c(=O)c2c1. The van der Waals surface area contributed by atoms with E-state index in [0.29, 0.717) is 27.7 Å². The van der Waals surface area contributed by atoms with Crippen LogP contribution in [0.15, 0.2) is 45.7 Å². The molecular formula is C17H13N5O4. The first-order valence-corrected chi connectivity index (χ1v) is 7.91. The van der Waals surface area contributed by atoms with Crippen LogP contribution in [-0.4, -0.2) is 37.8 Å². The number of aromatic nitrogens is 5. The Hall–Kier alpha value is -3.62. The van der Waals surface area contributed by atoms with Gasteiger partial charge in [0.2, 0.25) is 11.1 Å². The summed E-state index contributed by atoms with van der Waals surface area (Å²) in [6, 6.07) is 8.35. The maximum Gasteiger partial charge on any atom is 0.327 e. The smallest absolute Gasteiger partial charge is 0.327 e. The van der Waals surface area contributed by atoms with E-state index in [0.717, 1.165) is 0 Å². The molecule has 3 heterocycles. The van der Waals surface area contributed by atoms with Crippen LogP contribution in [0.1, 0.15) is 6.92 Å². The maximum atomic E-state index is 12.7. The molecule has 0 saturated carbocycles. The summed E-state index contributed by atoms with van der Waals surface area (Å²) in [6.07, 6.45) is 1.56. The van der Waals surface area contributed by atoms with Crippen LogP contribution in [0.25, 0.3) is 33.5 Å². The van der Waals surface area contributed by atoms with Gasteiger partial charge in [-0.3, -0.25) is 9.59 Å². The molecule has 0 aliphatic carbocycles. The second kappa shape index (κ2) is 6.36. The molecule has 0 unspecified atom stereocenters. The van der Waals surface area contributed by atoms with E-state index < -0.39 is 5.97 Å². The topological polar surface area (TPSA) is 113 Å². The Balaban J connectivity index is 1.83. The molecule has 0 amide bonds. The molecule has 0 aliphatic heterocycles. The summed E-state index contributed by atoms with van der Waals surface area (Å²) in [5.74, 6) is -0.0935. The average Bonchev–Trinajstić information content (AvgIpc) is 3.10. The first-order chi connectivity index (χ1) is 12.7. The fourth-order valence-corrected chi connectivity index (χ4v) is 2.68. The summed E-state index contributed by atoms with van der Waals surface area (Å²) in [6.45, 7) is 1.87. The van der Waals surface area contributed by atoms with Gasteiger partial charge in [-0.25, -0.2) is 9.67 Å².